The van der Waals surface area contributed by atoms with Crippen molar-refractivity contribution in [3.05, 3.63) is 71.2 Å². The van der Waals surface area contributed by atoms with Crippen LogP contribution in [0, 0.1) is 12.7 Å². The lowest BCUT2D eigenvalue weighted by Crippen LogP contribution is -2.29. The lowest BCUT2D eigenvalue weighted by molar-refractivity contribution is 0.433. The number of nitrogens with two attached hydrogens (primary N) is 1. The van der Waals surface area contributed by atoms with Gasteiger partial charge in [-0.05, 0) is 42.7 Å². The lowest BCUT2D eigenvalue weighted by atomic mass is 10.0. The van der Waals surface area contributed by atoms with Crippen molar-refractivity contribution in [3.63, 3.8) is 0 Å². The predicted molar refractivity (Wildman–Crippen MR) is 81.1 cm³/mol. The number of rotatable bonds is 4. The second kappa shape index (κ2) is 5.68. The summed E-state index contributed by atoms with van der Waals surface area (Å²) >= 11 is 0. The molecule has 0 bridgehead atoms. The molecule has 1 atom stereocenters. The summed E-state index contributed by atoms with van der Waals surface area (Å²) in [6.45, 7) is 2.01. The fourth-order valence-corrected chi connectivity index (χ4v) is 2.54. The topological polar surface area (TPSA) is 51.2 Å². The smallest absolute Gasteiger partial charge is 0.137 e. The Kier molecular flexibility index (Phi) is 3.73. The van der Waals surface area contributed by atoms with E-state index in [0.29, 0.717) is 6.42 Å². The summed E-state index contributed by atoms with van der Waals surface area (Å²) in [5.74, 6) is 6.16. The number of para-hydroxylation sites is 1. The molecule has 0 saturated carbocycles. The third kappa shape index (κ3) is 2.82. The van der Waals surface area contributed by atoms with Crippen molar-refractivity contribution in [2.24, 2.45) is 5.84 Å². The Morgan fingerprint density at radius 1 is 1.19 bits per heavy atom. The monoisotopic (exact) mass is 284 g/mol. The molecule has 0 fully saturated rings. The Morgan fingerprint density at radius 2 is 2.00 bits per heavy atom. The highest BCUT2D eigenvalue weighted by Crippen LogP contribution is 2.27. The average Bonchev–Trinajstić information content (AvgIpc) is 2.90. The van der Waals surface area contributed by atoms with E-state index in [-0.39, 0.29) is 11.9 Å². The first-order valence-corrected chi connectivity index (χ1v) is 6.87. The van der Waals surface area contributed by atoms with Crippen LogP contribution in [-0.2, 0) is 6.42 Å². The summed E-state index contributed by atoms with van der Waals surface area (Å²) in [5.41, 5.74) is 5.57. The molecular formula is C17H17FN2O. The molecule has 0 radical (unpaired) electrons. The summed E-state index contributed by atoms with van der Waals surface area (Å²) in [7, 11) is 0. The summed E-state index contributed by atoms with van der Waals surface area (Å²) in [6, 6.07) is 14.3. The lowest BCUT2D eigenvalue weighted by Gasteiger charge is -2.13. The van der Waals surface area contributed by atoms with E-state index < -0.39 is 0 Å². The van der Waals surface area contributed by atoms with Gasteiger partial charge in [0.25, 0.3) is 0 Å². The predicted octanol–water partition coefficient (Wildman–Crippen LogP) is 3.63. The van der Waals surface area contributed by atoms with Gasteiger partial charge in [-0.25, -0.2) is 9.82 Å². The first kappa shape index (κ1) is 13.8. The molecule has 0 saturated heterocycles. The molecule has 1 aromatic heterocycles. The summed E-state index contributed by atoms with van der Waals surface area (Å²) in [5, 5.41) is 1.05. The van der Waals surface area contributed by atoms with Crippen LogP contribution in [0.2, 0.25) is 0 Å². The Balaban J connectivity index is 1.93. The van der Waals surface area contributed by atoms with Gasteiger partial charge in [0.15, 0.2) is 0 Å². The van der Waals surface area contributed by atoms with Crippen LogP contribution in [0.5, 0.6) is 0 Å². The zero-order valence-electron chi connectivity index (χ0n) is 11.8. The van der Waals surface area contributed by atoms with Gasteiger partial charge in [-0.15, -0.1) is 0 Å². The molecule has 1 heterocycles. The van der Waals surface area contributed by atoms with Gasteiger partial charge in [0.05, 0.1) is 6.04 Å². The molecule has 108 valence electrons. The van der Waals surface area contributed by atoms with Gasteiger partial charge in [0.1, 0.15) is 17.2 Å². The van der Waals surface area contributed by atoms with Crippen LogP contribution >= 0.6 is 0 Å². The molecule has 0 aliphatic carbocycles. The maximum Gasteiger partial charge on any atom is 0.137 e. The molecule has 3 nitrogen and oxygen atoms in total. The van der Waals surface area contributed by atoms with Crippen molar-refractivity contribution in [1.29, 1.82) is 0 Å². The summed E-state index contributed by atoms with van der Waals surface area (Å²) in [6.07, 6.45) is 0.563. The third-order valence-electron chi connectivity index (χ3n) is 3.63. The molecule has 0 amide bonds. The van der Waals surface area contributed by atoms with E-state index in [1.807, 2.05) is 37.3 Å². The zero-order valence-corrected chi connectivity index (χ0v) is 11.8. The van der Waals surface area contributed by atoms with Crippen molar-refractivity contribution in [2.75, 3.05) is 0 Å². The third-order valence-corrected chi connectivity index (χ3v) is 3.63. The Morgan fingerprint density at radius 3 is 2.71 bits per heavy atom. The number of hydrazine groups is 1. The molecule has 1 unspecified atom stereocenters. The largest absolute Gasteiger partial charge is 0.459 e. The molecule has 3 N–H and O–H groups in total. The number of benzene rings is 2. The van der Waals surface area contributed by atoms with Crippen molar-refractivity contribution in [3.8, 4) is 0 Å². The van der Waals surface area contributed by atoms with Crippen LogP contribution in [0.25, 0.3) is 11.0 Å². The first-order valence-electron chi connectivity index (χ1n) is 6.87. The molecule has 21 heavy (non-hydrogen) atoms. The number of furan rings is 1. The highest BCUT2D eigenvalue weighted by atomic mass is 19.1. The number of fused-ring (bicyclic) bond motifs is 1. The molecule has 3 rings (SSSR count). The van der Waals surface area contributed by atoms with Gasteiger partial charge in [0, 0.05) is 5.39 Å². The van der Waals surface area contributed by atoms with Crippen molar-refractivity contribution in [1.82, 2.24) is 5.43 Å². The summed E-state index contributed by atoms with van der Waals surface area (Å²) in [4.78, 5) is 0. The van der Waals surface area contributed by atoms with E-state index >= 15 is 0 Å². The number of nitrogens with one attached hydrogen (secondary N) is 1. The van der Waals surface area contributed by atoms with Crippen LogP contribution in [0.1, 0.15) is 22.9 Å². The fourth-order valence-electron chi connectivity index (χ4n) is 2.54. The molecule has 3 aromatic rings. The standard InChI is InChI=1S/C17H17FN2O/c1-11-4-2-6-13-10-16(21-17(11)13)15(20-19)9-12-5-3-7-14(18)8-12/h2-8,10,15,20H,9,19H2,1H3. The quantitative estimate of drug-likeness (QED) is 0.568. The zero-order chi connectivity index (χ0) is 14.8. The van der Waals surface area contributed by atoms with E-state index in [4.69, 9.17) is 10.3 Å². The van der Waals surface area contributed by atoms with Crippen LogP contribution in [0.15, 0.2) is 52.9 Å². The number of hydrogen-bond donors (Lipinski definition) is 2. The second-order valence-corrected chi connectivity index (χ2v) is 5.20. The Hall–Kier alpha value is -2.17. The molecule has 0 aliphatic rings. The first-order chi connectivity index (χ1) is 10.2. The normalized spacial score (nSPS) is 12.7. The average molecular weight is 284 g/mol. The highest BCUT2D eigenvalue weighted by Gasteiger charge is 2.16. The molecular weight excluding hydrogens is 267 g/mol. The maximum absolute atomic E-state index is 13.3. The molecule has 2 aromatic carbocycles. The van der Waals surface area contributed by atoms with Gasteiger partial charge < -0.3 is 4.42 Å². The Labute approximate surface area is 122 Å². The van der Waals surface area contributed by atoms with Crippen LogP contribution < -0.4 is 11.3 Å². The fraction of sp³-hybridized carbons (Fsp3) is 0.176. The van der Waals surface area contributed by atoms with Crippen molar-refractivity contribution >= 4 is 11.0 Å². The van der Waals surface area contributed by atoms with Crippen LogP contribution in [0.3, 0.4) is 0 Å². The SMILES string of the molecule is Cc1cccc2cc(C(Cc3cccc(F)c3)NN)oc12. The van der Waals surface area contributed by atoms with E-state index in [9.17, 15) is 4.39 Å². The minimum absolute atomic E-state index is 0.196. The van der Waals surface area contributed by atoms with Gasteiger partial charge in [0.2, 0.25) is 0 Å². The van der Waals surface area contributed by atoms with Crippen molar-refractivity contribution in [2.45, 2.75) is 19.4 Å². The molecule has 4 heteroatoms. The molecule has 0 aliphatic heterocycles. The number of aryl methyl sites for hydroxylation is 1. The maximum atomic E-state index is 13.3. The van der Waals surface area contributed by atoms with Crippen LogP contribution in [0.4, 0.5) is 4.39 Å². The van der Waals surface area contributed by atoms with E-state index in [1.165, 1.54) is 12.1 Å². The second-order valence-electron chi connectivity index (χ2n) is 5.20. The van der Waals surface area contributed by atoms with Gasteiger partial charge >= 0.3 is 0 Å². The Bertz CT molecular complexity index is 766. The van der Waals surface area contributed by atoms with E-state index in [0.717, 1.165) is 27.9 Å². The number of hydrogen-bond acceptors (Lipinski definition) is 3. The minimum Gasteiger partial charge on any atom is -0.459 e. The van der Waals surface area contributed by atoms with Gasteiger partial charge in [-0.2, -0.15) is 0 Å². The van der Waals surface area contributed by atoms with Crippen molar-refractivity contribution < 1.29 is 8.81 Å². The van der Waals surface area contributed by atoms with Crippen LogP contribution in [-0.4, -0.2) is 0 Å². The van der Waals surface area contributed by atoms with Gasteiger partial charge in [-0.3, -0.25) is 5.84 Å². The highest BCUT2D eigenvalue weighted by molar-refractivity contribution is 5.81. The van der Waals surface area contributed by atoms with E-state index in [2.05, 4.69) is 5.43 Å². The summed E-state index contributed by atoms with van der Waals surface area (Å²) < 4.78 is 19.2. The number of halogens is 1. The van der Waals surface area contributed by atoms with E-state index in [1.54, 1.807) is 6.07 Å². The van der Waals surface area contributed by atoms with Gasteiger partial charge in [-0.1, -0.05) is 30.3 Å². The minimum atomic E-state index is -0.247. The molecule has 0 spiro atoms.